The van der Waals surface area contributed by atoms with E-state index in [2.05, 4.69) is 30.7 Å². The van der Waals surface area contributed by atoms with E-state index in [0.717, 1.165) is 11.4 Å². The van der Waals surface area contributed by atoms with Crippen LogP contribution in [0.3, 0.4) is 0 Å². The molecule has 2 heterocycles. The second kappa shape index (κ2) is 7.88. The number of carbonyl (C=O) groups excluding carboxylic acids is 1. The van der Waals surface area contributed by atoms with Gasteiger partial charge in [0.05, 0.1) is 5.75 Å². The third-order valence-electron chi connectivity index (χ3n) is 3.00. The summed E-state index contributed by atoms with van der Waals surface area (Å²) in [5, 5.41) is 17.9. The minimum Gasteiger partial charge on any atom is -0.374 e. The monoisotopic (exact) mass is 361 g/mol. The lowest BCUT2D eigenvalue weighted by molar-refractivity contribution is -0.118. The van der Waals surface area contributed by atoms with Gasteiger partial charge in [-0.25, -0.2) is 4.98 Å². The highest BCUT2D eigenvalue weighted by Gasteiger charge is 2.08. The van der Waals surface area contributed by atoms with Crippen LogP contribution in [0.5, 0.6) is 0 Å². The van der Waals surface area contributed by atoms with Crippen molar-refractivity contribution in [1.29, 1.82) is 0 Å². The molecule has 1 aromatic carbocycles. The van der Waals surface area contributed by atoms with Gasteiger partial charge in [-0.2, -0.15) is 5.10 Å². The van der Waals surface area contributed by atoms with E-state index >= 15 is 0 Å². The molecule has 8 nitrogen and oxygen atoms in total. The fourth-order valence-corrected chi connectivity index (χ4v) is 3.37. The SMILES string of the molecule is Nc1nnc(SCC(=O)NCCc2nc(-c3ccccc3)n[nH]2)s1. The molecular weight excluding hydrogens is 346 g/mol. The number of benzene rings is 1. The summed E-state index contributed by atoms with van der Waals surface area (Å²) < 4.78 is 0.686. The first kappa shape index (κ1) is 16.4. The largest absolute Gasteiger partial charge is 0.374 e. The molecule has 2 aromatic heterocycles. The zero-order valence-corrected chi connectivity index (χ0v) is 14.2. The van der Waals surface area contributed by atoms with Crippen LogP contribution in [0, 0.1) is 0 Å². The Morgan fingerprint density at radius 1 is 1.29 bits per heavy atom. The molecule has 10 heteroatoms. The first-order valence-electron chi connectivity index (χ1n) is 7.16. The zero-order chi connectivity index (χ0) is 16.8. The summed E-state index contributed by atoms with van der Waals surface area (Å²) >= 11 is 2.58. The number of rotatable bonds is 7. The Morgan fingerprint density at radius 3 is 2.88 bits per heavy atom. The van der Waals surface area contributed by atoms with Gasteiger partial charge >= 0.3 is 0 Å². The number of anilines is 1. The summed E-state index contributed by atoms with van der Waals surface area (Å²) in [4.78, 5) is 16.2. The molecule has 24 heavy (non-hydrogen) atoms. The van der Waals surface area contributed by atoms with Crippen LogP contribution in [-0.2, 0) is 11.2 Å². The lowest BCUT2D eigenvalue weighted by Crippen LogP contribution is -2.27. The molecular formula is C14H15N7OS2. The fourth-order valence-electron chi connectivity index (χ4n) is 1.90. The van der Waals surface area contributed by atoms with Crippen molar-refractivity contribution in [1.82, 2.24) is 30.7 Å². The summed E-state index contributed by atoms with van der Waals surface area (Å²) in [5.41, 5.74) is 6.44. The van der Waals surface area contributed by atoms with Gasteiger partial charge in [-0.15, -0.1) is 10.2 Å². The third-order valence-corrected chi connectivity index (χ3v) is 4.88. The van der Waals surface area contributed by atoms with Gasteiger partial charge in [-0.3, -0.25) is 9.89 Å². The number of thioether (sulfide) groups is 1. The van der Waals surface area contributed by atoms with Crippen molar-refractivity contribution < 1.29 is 4.79 Å². The van der Waals surface area contributed by atoms with Crippen molar-refractivity contribution in [2.24, 2.45) is 0 Å². The van der Waals surface area contributed by atoms with E-state index in [4.69, 9.17) is 5.73 Å². The van der Waals surface area contributed by atoms with Crippen molar-refractivity contribution >= 4 is 34.1 Å². The van der Waals surface area contributed by atoms with Crippen LogP contribution in [0.1, 0.15) is 5.82 Å². The molecule has 3 aromatic rings. The summed E-state index contributed by atoms with van der Waals surface area (Å²) in [6, 6.07) is 9.72. The van der Waals surface area contributed by atoms with Crippen LogP contribution >= 0.6 is 23.1 Å². The number of aromatic amines is 1. The Hall–Kier alpha value is -2.46. The van der Waals surface area contributed by atoms with Crippen LogP contribution in [0.15, 0.2) is 34.7 Å². The predicted molar refractivity (Wildman–Crippen MR) is 93.6 cm³/mol. The molecule has 0 aliphatic heterocycles. The normalized spacial score (nSPS) is 10.7. The van der Waals surface area contributed by atoms with Gasteiger partial charge < -0.3 is 11.1 Å². The molecule has 0 bridgehead atoms. The number of hydrogen-bond acceptors (Lipinski definition) is 8. The molecule has 0 unspecified atom stereocenters. The fraction of sp³-hybridized carbons (Fsp3) is 0.214. The highest BCUT2D eigenvalue weighted by atomic mass is 32.2. The van der Waals surface area contributed by atoms with Crippen LogP contribution in [0.4, 0.5) is 5.13 Å². The first-order valence-corrected chi connectivity index (χ1v) is 8.96. The Labute approximate surface area is 146 Å². The molecule has 0 fully saturated rings. The second-order valence-corrected chi connectivity index (χ2v) is 7.00. The van der Waals surface area contributed by atoms with Crippen LogP contribution in [-0.4, -0.2) is 43.6 Å². The highest BCUT2D eigenvalue weighted by molar-refractivity contribution is 8.01. The number of H-pyrrole nitrogens is 1. The molecule has 1 amide bonds. The number of amides is 1. The van der Waals surface area contributed by atoms with E-state index < -0.39 is 0 Å². The molecule has 0 spiro atoms. The van der Waals surface area contributed by atoms with Gasteiger partial charge in [-0.05, 0) is 0 Å². The average Bonchev–Trinajstić information content (AvgIpc) is 3.23. The van der Waals surface area contributed by atoms with Crippen LogP contribution in [0.25, 0.3) is 11.4 Å². The van der Waals surface area contributed by atoms with Crippen molar-refractivity contribution in [2.75, 3.05) is 18.0 Å². The minimum absolute atomic E-state index is 0.0726. The maximum absolute atomic E-state index is 11.8. The van der Waals surface area contributed by atoms with E-state index in [1.807, 2.05) is 30.3 Å². The summed E-state index contributed by atoms with van der Waals surface area (Å²) in [6.07, 6.45) is 0.585. The predicted octanol–water partition coefficient (Wildman–Crippen LogP) is 1.36. The van der Waals surface area contributed by atoms with Crippen molar-refractivity contribution in [3.05, 3.63) is 36.2 Å². The van der Waals surface area contributed by atoms with Gasteiger partial charge in [0, 0.05) is 18.5 Å². The number of aromatic nitrogens is 5. The molecule has 0 aliphatic carbocycles. The Balaban J connectivity index is 1.41. The number of nitrogens with zero attached hydrogens (tertiary/aromatic N) is 4. The van der Waals surface area contributed by atoms with Gasteiger partial charge in [0.1, 0.15) is 5.82 Å². The van der Waals surface area contributed by atoms with E-state index in [1.165, 1.54) is 23.1 Å². The van der Waals surface area contributed by atoms with Gasteiger partial charge in [0.2, 0.25) is 11.0 Å². The lowest BCUT2D eigenvalue weighted by atomic mass is 10.2. The molecule has 0 saturated carbocycles. The van der Waals surface area contributed by atoms with Crippen LogP contribution in [0.2, 0.25) is 0 Å². The van der Waals surface area contributed by atoms with Crippen LogP contribution < -0.4 is 11.1 Å². The zero-order valence-electron chi connectivity index (χ0n) is 12.6. The summed E-state index contributed by atoms with van der Waals surface area (Å²) in [7, 11) is 0. The van der Waals surface area contributed by atoms with E-state index in [-0.39, 0.29) is 11.7 Å². The smallest absolute Gasteiger partial charge is 0.230 e. The maximum atomic E-state index is 11.8. The summed E-state index contributed by atoms with van der Waals surface area (Å²) in [6.45, 7) is 0.487. The molecule has 3 rings (SSSR count). The lowest BCUT2D eigenvalue weighted by Gasteiger charge is -2.02. The quantitative estimate of drug-likeness (QED) is 0.543. The van der Waals surface area contributed by atoms with Gasteiger partial charge in [0.15, 0.2) is 10.2 Å². The highest BCUT2D eigenvalue weighted by Crippen LogP contribution is 2.22. The standard InChI is InChI=1S/C14H15N7OS2/c15-13-20-21-14(24-13)23-8-11(22)16-7-6-10-17-12(19-18-10)9-4-2-1-3-5-9/h1-5H,6-8H2,(H2,15,20)(H,16,22)(H,17,18,19). The Morgan fingerprint density at radius 2 is 2.12 bits per heavy atom. The Bertz CT molecular complexity index is 802. The third kappa shape index (κ3) is 4.52. The number of nitrogen functional groups attached to an aromatic ring is 1. The first-order chi connectivity index (χ1) is 11.7. The summed E-state index contributed by atoms with van der Waals surface area (Å²) in [5.74, 6) is 1.59. The molecule has 0 radical (unpaired) electrons. The van der Waals surface area contributed by atoms with Gasteiger partial charge in [0.25, 0.3) is 0 Å². The van der Waals surface area contributed by atoms with E-state index in [0.29, 0.717) is 28.3 Å². The number of carbonyl (C=O) groups is 1. The molecule has 0 atom stereocenters. The number of hydrogen-bond donors (Lipinski definition) is 3. The molecule has 0 saturated heterocycles. The van der Waals surface area contributed by atoms with Crippen molar-refractivity contribution in [3.63, 3.8) is 0 Å². The van der Waals surface area contributed by atoms with Gasteiger partial charge in [-0.1, -0.05) is 53.4 Å². The van der Waals surface area contributed by atoms with Crippen molar-refractivity contribution in [2.45, 2.75) is 10.8 Å². The number of nitrogens with two attached hydrogens (primary N) is 1. The molecule has 124 valence electrons. The Kier molecular flexibility index (Phi) is 5.39. The average molecular weight is 361 g/mol. The van der Waals surface area contributed by atoms with E-state index in [9.17, 15) is 4.79 Å². The molecule has 0 aliphatic rings. The molecule has 4 N–H and O–H groups in total. The number of nitrogens with one attached hydrogen (secondary N) is 2. The second-order valence-electron chi connectivity index (χ2n) is 4.77. The van der Waals surface area contributed by atoms with Crippen molar-refractivity contribution in [3.8, 4) is 11.4 Å². The van der Waals surface area contributed by atoms with E-state index in [1.54, 1.807) is 0 Å². The minimum atomic E-state index is -0.0726. The topological polar surface area (TPSA) is 122 Å². The maximum Gasteiger partial charge on any atom is 0.230 e.